The van der Waals surface area contributed by atoms with E-state index in [1.807, 2.05) is 18.2 Å². The van der Waals surface area contributed by atoms with Gasteiger partial charge in [0.1, 0.15) is 6.61 Å². The number of para-hydroxylation sites is 1. The molecule has 0 aliphatic carbocycles. The molecule has 0 bridgehead atoms. The first-order valence-electron chi connectivity index (χ1n) is 4.99. The highest BCUT2D eigenvalue weighted by Gasteiger charge is 2.10. The van der Waals surface area contributed by atoms with E-state index in [2.05, 4.69) is 31.6 Å². The van der Waals surface area contributed by atoms with E-state index in [4.69, 9.17) is 15.3 Å². The summed E-state index contributed by atoms with van der Waals surface area (Å²) in [5.74, 6) is 6.52. The molecule has 1 aromatic carbocycles. The Kier molecular flexibility index (Phi) is 4.34. The number of hydrogen-bond donors (Lipinski definition) is 2. The van der Waals surface area contributed by atoms with Crippen LogP contribution in [0.1, 0.15) is 5.01 Å². The minimum Gasteiger partial charge on any atom is -0.493 e. The maximum absolute atomic E-state index is 5.67. The van der Waals surface area contributed by atoms with Gasteiger partial charge in [-0.1, -0.05) is 17.4 Å². The summed E-state index contributed by atoms with van der Waals surface area (Å²) in [7, 11) is 1.59. The molecule has 18 heavy (non-hydrogen) atoms. The van der Waals surface area contributed by atoms with Crippen molar-refractivity contribution in [3.05, 3.63) is 27.7 Å². The van der Waals surface area contributed by atoms with Crippen molar-refractivity contribution < 1.29 is 9.47 Å². The second-order valence-corrected chi connectivity index (χ2v) is 5.12. The van der Waals surface area contributed by atoms with Gasteiger partial charge >= 0.3 is 0 Å². The average Bonchev–Trinajstić information content (AvgIpc) is 2.85. The highest BCUT2D eigenvalue weighted by Crippen LogP contribution is 2.35. The van der Waals surface area contributed by atoms with Crippen molar-refractivity contribution in [2.75, 3.05) is 12.5 Å². The van der Waals surface area contributed by atoms with Gasteiger partial charge in [-0.15, -0.1) is 10.2 Å². The van der Waals surface area contributed by atoms with Gasteiger partial charge in [0, 0.05) is 0 Å². The zero-order valence-corrected chi connectivity index (χ0v) is 11.9. The minimum absolute atomic E-state index is 0.304. The van der Waals surface area contributed by atoms with Gasteiger partial charge in [-0.3, -0.25) is 5.43 Å². The first-order chi connectivity index (χ1) is 8.74. The van der Waals surface area contributed by atoms with E-state index in [-0.39, 0.29) is 0 Å². The molecule has 1 heterocycles. The third kappa shape index (κ3) is 2.89. The number of hydrazine groups is 1. The van der Waals surface area contributed by atoms with Gasteiger partial charge in [0.2, 0.25) is 5.13 Å². The monoisotopic (exact) mass is 330 g/mol. The van der Waals surface area contributed by atoms with Crippen LogP contribution in [0.15, 0.2) is 22.7 Å². The Balaban J connectivity index is 2.10. The van der Waals surface area contributed by atoms with Crippen molar-refractivity contribution in [1.29, 1.82) is 0 Å². The lowest BCUT2D eigenvalue weighted by atomic mass is 10.3. The lowest BCUT2D eigenvalue weighted by molar-refractivity contribution is 0.281. The van der Waals surface area contributed by atoms with Gasteiger partial charge in [-0.25, -0.2) is 5.84 Å². The van der Waals surface area contributed by atoms with Crippen LogP contribution in [0.2, 0.25) is 0 Å². The van der Waals surface area contributed by atoms with Crippen molar-refractivity contribution in [1.82, 2.24) is 10.2 Å². The molecule has 0 atom stereocenters. The molecule has 0 amide bonds. The summed E-state index contributed by atoms with van der Waals surface area (Å²) in [6.07, 6.45) is 0. The smallest absolute Gasteiger partial charge is 0.219 e. The number of rotatable bonds is 5. The molecule has 0 saturated carbocycles. The first kappa shape index (κ1) is 13.1. The summed E-state index contributed by atoms with van der Waals surface area (Å²) >= 11 is 4.74. The largest absolute Gasteiger partial charge is 0.493 e. The van der Waals surface area contributed by atoms with Crippen LogP contribution in [0.25, 0.3) is 0 Å². The molecular weight excluding hydrogens is 320 g/mol. The maximum atomic E-state index is 5.67. The highest BCUT2D eigenvalue weighted by atomic mass is 79.9. The molecule has 96 valence electrons. The maximum Gasteiger partial charge on any atom is 0.219 e. The fraction of sp³-hybridized carbons (Fsp3) is 0.200. The summed E-state index contributed by atoms with van der Waals surface area (Å²) in [4.78, 5) is 0. The molecule has 1 aromatic heterocycles. The number of nitrogen functional groups attached to an aromatic ring is 1. The number of nitrogens with two attached hydrogens (primary N) is 1. The van der Waals surface area contributed by atoms with Crippen molar-refractivity contribution in [2.45, 2.75) is 6.61 Å². The summed E-state index contributed by atoms with van der Waals surface area (Å²) in [5.41, 5.74) is 2.43. The van der Waals surface area contributed by atoms with Gasteiger partial charge < -0.3 is 9.47 Å². The normalized spacial score (nSPS) is 10.2. The molecule has 2 rings (SSSR count). The first-order valence-corrected chi connectivity index (χ1v) is 6.60. The predicted octanol–water partition coefficient (Wildman–Crippen LogP) is 2.17. The fourth-order valence-electron chi connectivity index (χ4n) is 1.29. The Hall–Kier alpha value is -1.38. The van der Waals surface area contributed by atoms with E-state index < -0.39 is 0 Å². The van der Waals surface area contributed by atoms with E-state index in [0.29, 0.717) is 23.2 Å². The Morgan fingerprint density at radius 2 is 2.28 bits per heavy atom. The van der Waals surface area contributed by atoms with Crippen LogP contribution >= 0.6 is 27.3 Å². The van der Waals surface area contributed by atoms with Gasteiger partial charge in [0.25, 0.3) is 0 Å². The topological polar surface area (TPSA) is 82.3 Å². The molecule has 0 saturated heterocycles. The number of hydrogen-bond acceptors (Lipinski definition) is 7. The highest BCUT2D eigenvalue weighted by molar-refractivity contribution is 9.10. The number of aromatic nitrogens is 2. The molecule has 0 unspecified atom stereocenters. The summed E-state index contributed by atoms with van der Waals surface area (Å²) in [6, 6.07) is 5.58. The Bertz CT molecular complexity index is 534. The Morgan fingerprint density at radius 1 is 1.44 bits per heavy atom. The Labute approximate surface area is 116 Å². The van der Waals surface area contributed by atoms with Crippen molar-refractivity contribution in [3.63, 3.8) is 0 Å². The van der Waals surface area contributed by atoms with Crippen LogP contribution in [0, 0.1) is 0 Å². The fourth-order valence-corrected chi connectivity index (χ4v) is 2.32. The van der Waals surface area contributed by atoms with Crippen LogP contribution in [-0.2, 0) is 6.61 Å². The zero-order valence-electron chi connectivity index (χ0n) is 9.51. The van der Waals surface area contributed by atoms with Crippen LogP contribution < -0.4 is 20.7 Å². The molecule has 0 spiro atoms. The van der Waals surface area contributed by atoms with Gasteiger partial charge in [-0.2, -0.15) is 0 Å². The van der Waals surface area contributed by atoms with Crippen molar-refractivity contribution in [2.24, 2.45) is 5.84 Å². The van der Waals surface area contributed by atoms with Gasteiger partial charge in [-0.05, 0) is 28.1 Å². The molecule has 0 fully saturated rings. The molecule has 8 heteroatoms. The second kappa shape index (κ2) is 5.98. The van der Waals surface area contributed by atoms with Gasteiger partial charge in [0.05, 0.1) is 11.6 Å². The van der Waals surface area contributed by atoms with E-state index in [0.717, 1.165) is 9.48 Å². The molecule has 3 N–H and O–H groups in total. The molecule has 0 radical (unpaired) electrons. The van der Waals surface area contributed by atoms with Crippen molar-refractivity contribution >= 4 is 32.4 Å². The summed E-state index contributed by atoms with van der Waals surface area (Å²) in [6.45, 7) is 0.304. The van der Waals surface area contributed by atoms with Crippen LogP contribution in [-0.4, -0.2) is 17.3 Å². The number of ether oxygens (including phenoxy) is 2. The van der Waals surface area contributed by atoms with Crippen LogP contribution in [0.3, 0.4) is 0 Å². The lowest BCUT2D eigenvalue weighted by Gasteiger charge is -2.10. The second-order valence-electron chi connectivity index (χ2n) is 3.21. The number of halogens is 1. The van der Waals surface area contributed by atoms with Gasteiger partial charge in [0.15, 0.2) is 16.5 Å². The van der Waals surface area contributed by atoms with E-state index >= 15 is 0 Å². The molecule has 0 aliphatic rings. The number of benzene rings is 1. The minimum atomic E-state index is 0.304. The summed E-state index contributed by atoms with van der Waals surface area (Å²) < 4.78 is 11.7. The zero-order chi connectivity index (χ0) is 13.0. The molecule has 6 nitrogen and oxygen atoms in total. The average molecular weight is 331 g/mol. The van der Waals surface area contributed by atoms with E-state index in [1.54, 1.807) is 7.11 Å². The Morgan fingerprint density at radius 3 is 2.94 bits per heavy atom. The third-order valence-electron chi connectivity index (χ3n) is 2.08. The quantitative estimate of drug-likeness (QED) is 0.645. The standard InChI is InChI=1S/C10H11BrN4O2S/c1-16-7-4-2-3-6(11)9(7)17-5-8-14-15-10(13-12)18-8/h2-4H,5,12H2,1H3,(H,13,15). The van der Waals surface area contributed by atoms with E-state index in [1.165, 1.54) is 11.3 Å². The molecular formula is C10H11BrN4O2S. The number of anilines is 1. The number of nitrogens with zero attached hydrogens (tertiary/aromatic N) is 2. The summed E-state index contributed by atoms with van der Waals surface area (Å²) in [5, 5.41) is 9.03. The SMILES string of the molecule is COc1cccc(Br)c1OCc1nnc(NN)s1. The van der Waals surface area contributed by atoms with Crippen LogP contribution in [0.4, 0.5) is 5.13 Å². The molecule has 0 aliphatic heterocycles. The lowest BCUT2D eigenvalue weighted by Crippen LogP contribution is -2.05. The third-order valence-corrected chi connectivity index (χ3v) is 3.53. The number of methoxy groups -OCH3 is 1. The van der Waals surface area contributed by atoms with Crippen LogP contribution in [0.5, 0.6) is 11.5 Å². The predicted molar refractivity (Wildman–Crippen MR) is 72.7 cm³/mol. The number of nitrogens with one attached hydrogen (secondary N) is 1. The van der Waals surface area contributed by atoms with E-state index in [9.17, 15) is 0 Å². The van der Waals surface area contributed by atoms with Crippen molar-refractivity contribution in [3.8, 4) is 11.5 Å². The molecule has 2 aromatic rings.